The molecule has 0 radical (unpaired) electrons. The Bertz CT molecular complexity index is 679. The molecule has 2 aromatic rings. The molecule has 0 bridgehead atoms. The molecule has 0 amide bonds. The number of carbonyl (C=O) groups is 1. The van der Waals surface area contributed by atoms with Crippen molar-refractivity contribution in [1.29, 1.82) is 0 Å². The molecule has 1 aromatic heterocycles. The van der Waals surface area contributed by atoms with Crippen molar-refractivity contribution in [3.8, 4) is 0 Å². The maximum Gasteiger partial charge on any atom is 0.262 e. The molecule has 1 heterocycles. The van der Waals surface area contributed by atoms with E-state index in [1.165, 1.54) is 11.8 Å². The minimum absolute atomic E-state index is 0.0184. The highest BCUT2D eigenvalue weighted by Crippen LogP contribution is 2.18. The van der Waals surface area contributed by atoms with Crippen LogP contribution in [0.4, 0.5) is 0 Å². The molecule has 0 atom stereocenters. The Labute approximate surface area is 122 Å². The first-order chi connectivity index (χ1) is 9.63. The van der Waals surface area contributed by atoms with Gasteiger partial charge in [-0.15, -0.1) is 0 Å². The molecule has 2 rings (SSSR count). The molecule has 0 spiro atoms. The number of rotatable bonds is 6. The highest BCUT2D eigenvalue weighted by Gasteiger charge is 2.11. The van der Waals surface area contributed by atoms with Gasteiger partial charge >= 0.3 is 0 Å². The van der Waals surface area contributed by atoms with Crippen LogP contribution in [0.2, 0.25) is 0 Å². The van der Waals surface area contributed by atoms with E-state index in [1.807, 2.05) is 18.2 Å². The third-order valence-electron chi connectivity index (χ3n) is 2.97. The van der Waals surface area contributed by atoms with Crippen molar-refractivity contribution in [3.63, 3.8) is 0 Å². The van der Waals surface area contributed by atoms with Crippen molar-refractivity contribution >= 4 is 28.4 Å². The zero-order valence-corrected chi connectivity index (χ0v) is 12.6. The van der Waals surface area contributed by atoms with Gasteiger partial charge < -0.3 is 0 Å². The smallest absolute Gasteiger partial charge is 0.262 e. The lowest BCUT2D eigenvalue weighted by Crippen LogP contribution is -2.23. The molecule has 0 aliphatic rings. The zero-order chi connectivity index (χ0) is 14.5. The lowest BCUT2D eigenvalue weighted by Gasteiger charge is -2.12. The summed E-state index contributed by atoms with van der Waals surface area (Å²) in [6.07, 6.45) is 1.93. The maximum absolute atomic E-state index is 12.5. The first kappa shape index (κ1) is 14.8. The highest BCUT2D eigenvalue weighted by molar-refractivity contribution is 7.99. The molecular weight excluding hydrogens is 272 g/mol. The summed E-state index contributed by atoms with van der Waals surface area (Å²) in [6.45, 7) is 4.28. The van der Waals surface area contributed by atoms with Gasteiger partial charge in [0.1, 0.15) is 5.78 Å². The van der Waals surface area contributed by atoms with Gasteiger partial charge in [-0.1, -0.05) is 37.2 Å². The van der Waals surface area contributed by atoms with Crippen molar-refractivity contribution in [1.82, 2.24) is 9.55 Å². The topological polar surface area (TPSA) is 52.0 Å². The number of carbonyl (C=O) groups excluding carboxylic acids is 1. The third-order valence-corrected chi connectivity index (χ3v) is 4.09. The molecule has 0 aliphatic carbocycles. The molecular formula is C15H18N2O2S. The van der Waals surface area contributed by atoms with E-state index in [2.05, 4.69) is 11.9 Å². The van der Waals surface area contributed by atoms with Gasteiger partial charge in [0.2, 0.25) is 0 Å². The molecule has 20 heavy (non-hydrogen) atoms. The quantitative estimate of drug-likeness (QED) is 0.606. The first-order valence-corrected chi connectivity index (χ1v) is 7.74. The normalized spacial score (nSPS) is 10.9. The fraction of sp³-hybridized carbons (Fsp3) is 0.400. The first-order valence-electron chi connectivity index (χ1n) is 6.75. The van der Waals surface area contributed by atoms with E-state index in [4.69, 9.17) is 0 Å². The Morgan fingerprint density at radius 2 is 2.10 bits per heavy atom. The number of Topliss-reactive ketones (excluding diaryl/α,β-unsaturated/α-hetero) is 1. The summed E-state index contributed by atoms with van der Waals surface area (Å²) < 4.78 is 1.69. The van der Waals surface area contributed by atoms with Gasteiger partial charge in [-0.25, -0.2) is 4.98 Å². The number of fused-ring (bicyclic) bond motifs is 1. The van der Waals surface area contributed by atoms with Crippen molar-refractivity contribution in [2.45, 2.75) is 38.4 Å². The van der Waals surface area contributed by atoms with Gasteiger partial charge in [-0.05, 0) is 25.5 Å². The van der Waals surface area contributed by atoms with Crippen LogP contribution in [0.5, 0.6) is 0 Å². The molecule has 0 fully saturated rings. The summed E-state index contributed by atoms with van der Waals surface area (Å²) in [5, 5.41) is 1.27. The number of aromatic nitrogens is 2. The second-order valence-electron chi connectivity index (χ2n) is 4.71. The van der Waals surface area contributed by atoms with E-state index in [0.717, 1.165) is 12.8 Å². The monoisotopic (exact) mass is 290 g/mol. The second-order valence-corrected chi connectivity index (χ2v) is 5.66. The summed E-state index contributed by atoms with van der Waals surface area (Å²) in [5.74, 6) is 0.427. The average Bonchev–Trinajstić information content (AvgIpc) is 2.44. The van der Waals surface area contributed by atoms with E-state index in [9.17, 15) is 9.59 Å². The van der Waals surface area contributed by atoms with E-state index in [1.54, 1.807) is 17.6 Å². The number of unbranched alkanes of at least 4 members (excludes halogenated alkanes) is 1. The number of hydrogen-bond acceptors (Lipinski definition) is 4. The summed E-state index contributed by atoms with van der Waals surface area (Å²) in [5.41, 5.74) is 0.673. The third kappa shape index (κ3) is 3.28. The van der Waals surface area contributed by atoms with Crippen molar-refractivity contribution in [3.05, 3.63) is 34.6 Å². The number of nitrogens with zero attached hydrogens (tertiary/aromatic N) is 2. The predicted molar refractivity (Wildman–Crippen MR) is 82.3 cm³/mol. The van der Waals surface area contributed by atoms with Gasteiger partial charge in [-0.2, -0.15) is 0 Å². The highest BCUT2D eigenvalue weighted by atomic mass is 32.2. The van der Waals surface area contributed by atoms with Crippen LogP contribution in [0.3, 0.4) is 0 Å². The van der Waals surface area contributed by atoms with Gasteiger partial charge in [0, 0.05) is 6.54 Å². The van der Waals surface area contributed by atoms with Crippen molar-refractivity contribution in [2.75, 3.05) is 5.75 Å². The zero-order valence-electron chi connectivity index (χ0n) is 11.8. The standard InChI is InChI=1S/C15H18N2O2S/c1-3-4-9-17-14(19)12-7-5-6-8-13(12)16-15(17)20-10-11(2)18/h5-8H,3-4,9-10H2,1-2H3. The minimum Gasteiger partial charge on any atom is -0.299 e. The van der Waals surface area contributed by atoms with Crippen LogP contribution in [0.25, 0.3) is 10.9 Å². The average molecular weight is 290 g/mol. The lowest BCUT2D eigenvalue weighted by molar-refractivity contribution is -0.114. The molecule has 5 heteroatoms. The van der Waals surface area contributed by atoms with E-state index in [-0.39, 0.29) is 11.3 Å². The maximum atomic E-state index is 12.5. The lowest BCUT2D eigenvalue weighted by atomic mass is 10.2. The molecule has 4 nitrogen and oxygen atoms in total. The van der Waals surface area contributed by atoms with Crippen LogP contribution < -0.4 is 5.56 Å². The number of ketones is 1. The van der Waals surface area contributed by atoms with Crippen molar-refractivity contribution in [2.24, 2.45) is 0 Å². The van der Waals surface area contributed by atoms with Gasteiger partial charge in [0.05, 0.1) is 16.7 Å². The van der Waals surface area contributed by atoms with Crippen LogP contribution in [0.1, 0.15) is 26.7 Å². The second kappa shape index (κ2) is 6.70. The molecule has 0 saturated heterocycles. The molecule has 106 valence electrons. The number of para-hydroxylation sites is 1. The summed E-state index contributed by atoms with van der Waals surface area (Å²) in [6, 6.07) is 7.34. The fourth-order valence-corrected chi connectivity index (χ4v) is 2.76. The van der Waals surface area contributed by atoms with Gasteiger partial charge in [0.25, 0.3) is 5.56 Å². The SMILES string of the molecule is CCCCn1c(SCC(C)=O)nc2ccccc2c1=O. The number of thioether (sulfide) groups is 1. The Kier molecular flexibility index (Phi) is 4.95. The number of benzene rings is 1. The van der Waals surface area contributed by atoms with Gasteiger partial charge in [-0.3, -0.25) is 14.2 Å². The summed E-state index contributed by atoms with van der Waals surface area (Å²) >= 11 is 1.34. The Balaban J connectivity index is 2.51. The molecule has 0 N–H and O–H groups in total. The Morgan fingerprint density at radius 3 is 2.80 bits per heavy atom. The largest absolute Gasteiger partial charge is 0.299 e. The van der Waals surface area contributed by atoms with Crippen LogP contribution in [0.15, 0.2) is 34.2 Å². The van der Waals surface area contributed by atoms with E-state index in [0.29, 0.717) is 28.4 Å². The Morgan fingerprint density at radius 1 is 1.35 bits per heavy atom. The van der Waals surface area contributed by atoms with Crippen LogP contribution in [-0.4, -0.2) is 21.1 Å². The predicted octanol–water partition coefficient (Wildman–Crippen LogP) is 2.88. The Hall–Kier alpha value is -1.62. The molecule has 1 aromatic carbocycles. The van der Waals surface area contributed by atoms with Crippen molar-refractivity contribution < 1.29 is 4.79 Å². The summed E-state index contributed by atoms with van der Waals surface area (Å²) in [7, 11) is 0. The van der Waals surface area contributed by atoms with E-state index >= 15 is 0 Å². The van der Waals surface area contributed by atoms with Crippen LogP contribution in [-0.2, 0) is 11.3 Å². The molecule has 0 unspecified atom stereocenters. The van der Waals surface area contributed by atoms with Crippen LogP contribution >= 0.6 is 11.8 Å². The fourth-order valence-electron chi connectivity index (χ4n) is 1.94. The number of hydrogen-bond donors (Lipinski definition) is 0. The van der Waals surface area contributed by atoms with Crippen LogP contribution in [0, 0.1) is 0 Å². The molecule has 0 saturated carbocycles. The molecule has 0 aliphatic heterocycles. The van der Waals surface area contributed by atoms with E-state index < -0.39 is 0 Å². The van der Waals surface area contributed by atoms with Gasteiger partial charge in [0.15, 0.2) is 5.16 Å². The minimum atomic E-state index is -0.0184. The summed E-state index contributed by atoms with van der Waals surface area (Å²) in [4.78, 5) is 28.2.